The van der Waals surface area contributed by atoms with E-state index in [1.54, 1.807) is 13.0 Å². The maximum atomic E-state index is 13.7. The summed E-state index contributed by atoms with van der Waals surface area (Å²) in [4.78, 5) is 16.6. The zero-order chi connectivity index (χ0) is 18.8. The molecular formula is C17H16ClF2N3O3. The lowest BCUT2D eigenvalue weighted by atomic mass is 10.1. The number of rotatable bonds is 4. The maximum absolute atomic E-state index is 13.7. The fourth-order valence-corrected chi connectivity index (χ4v) is 3.29. The molecule has 0 N–H and O–H groups in total. The zero-order valence-corrected chi connectivity index (χ0v) is 14.7. The largest absolute Gasteiger partial charge is 0.487 e. The highest BCUT2D eigenvalue weighted by molar-refractivity contribution is 6.32. The van der Waals surface area contributed by atoms with Crippen molar-refractivity contribution in [3.63, 3.8) is 0 Å². The minimum absolute atomic E-state index is 0.00127. The summed E-state index contributed by atoms with van der Waals surface area (Å²) in [6.45, 7) is 2.68. The van der Waals surface area contributed by atoms with Crippen LogP contribution in [0.15, 0.2) is 24.3 Å². The molecule has 138 valence electrons. The molecule has 0 unspecified atom stereocenters. The number of aromatic nitrogens is 1. The Hall–Kier alpha value is -2.48. The van der Waals surface area contributed by atoms with Crippen molar-refractivity contribution in [1.29, 1.82) is 0 Å². The summed E-state index contributed by atoms with van der Waals surface area (Å²) in [6.07, 6.45) is 0.809. The Labute approximate surface area is 153 Å². The Balaban J connectivity index is 1.72. The first-order valence-electron chi connectivity index (χ1n) is 8.03. The highest BCUT2D eigenvalue weighted by Crippen LogP contribution is 2.36. The van der Waals surface area contributed by atoms with Gasteiger partial charge in [0, 0.05) is 37.7 Å². The van der Waals surface area contributed by atoms with E-state index in [2.05, 4.69) is 4.98 Å². The monoisotopic (exact) mass is 383 g/mol. The number of nitro groups is 1. The molecule has 1 fully saturated rings. The van der Waals surface area contributed by atoms with Crippen molar-refractivity contribution in [3.8, 4) is 5.75 Å². The third-order valence-corrected chi connectivity index (χ3v) is 4.47. The number of piperidine rings is 1. The van der Waals surface area contributed by atoms with Crippen LogP contribution in [0.5, 0.6) is 5.75 Å². The van der Waals surface area contributed by atoms with Crippen molar-refractivity contribution < 1.29 is 18.4 Å². The molecule has 1 aromatic carbocycles. The number of hydrogen-bond acceptors (Lipinski definition) is 5. The van der Waals surface area contributed by atoms with E-state index in [0.29, 0.717) is 37.3 Å². The van der Waals surface area contributed by atoms with Crippen LogP contribution in [0.1, 0.15) is 18.5 Å². The highest BCUT2D eigenvalue weighted by Gasteiger charge is 2.29. The van der Waals surface area contributed by atoms with Gasteiger partial charge in [-0.3, -0.25) is 10.1 Å². The molecular weight excluding hydrogens is 368 g/mol. The standard InChI is InChI=1S/C17H16ClF2N3O3/c1-10-8-14(16(23(24)25)17(18)21-10)22-6-4-12(5-7-22)26-15-3-2-11(19)9-13(15)20/h2-3,8-9,12H,4-7H2,1H3. The second kappa shape index (κ2) is 7.41. The second-order valence-electron chi connectivity index (χ2n) is 6.06. The van der Waals surface area contributed by atoms with E-state index in [1.807, 2.05) is 4.90 Å². The molecule has 6 nitrogen and oxygen atoms in total. The number of aryl methyl sites for hydroxylation is 1. The minimum atomic E-state index is -0.750. The van der Waals surface area contributed by atoms with E-state index in [9.17, 15) is 18.9 Å². The van der Waals surface area contributed by atoms with Crippen LogP contribution >= 0.6 is 11.6 Å². The Morgan fingerprint density at radius 3 is 2.62 bits per heavy atom. The molecule has 1 aliphatic heterocycles. The summed E-state index contributed by atoms with van der Waals surface area (Å²) < 4.78 is 32.3. The first-order valence-corrected chi connectivity index (χ1v) is 8.41. The van der Waals surface area contributed by atoms with Gasteiger partial charge in [0.2, 0.25) is 5.15 Å². The molecule has 0 amide bonds. The molecule has 0 bridgehead atoms. The fourth-order valence-electron chi connectivity index (χ4n) is 2.99. The fraction of sp³-hybridized carbons (Fsp3) is 0.353. The number of halogens is 3. The van der Waals surface area contributed by atoms with Crippen LogP contribution in [0.4, 0.5) is 20.2 Å². The normalized spacial score (nSPS) is 15.2. The summed E-state index contributed by atoms with van der Waals surface area (Å²) in [5.41, 5.74) is 0.780. The van der Waals surface area contributed by atoms with Gasteiger partial charge in [-0.15, -0.1) is 0 Å². The van der Waals surface area contributed by atoms with Crippen LogP contribution in [0, 0.1) is 28.7 Å². The number of hydrogen-bond donors (Lipinski definition) is 0. The van der Waals surface area contributed by atoms with Gasteiger partial charge in [-0.05, 0) is 25.1 Å². The molecule has 0 atom stereocenters. The van der Waals surface area contributed by atoms with Crippen molar-refractivity contribution >= 4 is 23.0 Å². The molecule has 1 aliphatic rings. The second-order valence-corrected chi connectivity index (χ2v) is 6.42. The Morgan fingerprint density at radius 1 is 1.31 bits per heavy atom. The number of ether oxygens (including phenoxy) is 1. The van der Waals surface area contributed by atoms with Crippen LogP contribution in [0.25, 0.3) is 0 Å². The van der Waals surface area contributed by atoms with Crippen molar-refractivity contribution in [3.05, 3.63) is 56.9 Å². The van der Waals surface area contributed by atoms with Crippen molar-refractivity contribution in [2.24, 2.45) is 0 Å². The lowest BCUT2D eigenvalue weighted by Gasteiger charge is -2.33. The Bertz CT molecular complexity index is 842. The van der Waals surface area contributed by atoms with Crippen LogP contribution in [-0.2, 0) is 0 Å². The summed E-state index contributed by atoms with van der Waals surface area (Å²) in [6, 6.07) is 4.80. The van der Waals surface area contributed by atoms with Gasteiger partial charge < -0.3 is 9.64 Å². The summed E-state index contributed by atoms with van der Waals surface area (Å²) in [5, 5.41) is 11.2. The van der Waals surface area contributed by atoms with Gasteiger partial charge in [0.05, 0.1) is 4.92 Å². The average molecular weight is 384 g/mol. The van der Waals surface area contributed by atoms with Crippen LogP contribution in [-0.4, -0.2) is 29.1 Å². The predicted molar refractivity (Wildman–Crippen MR) is 92.9 cm³/mol. The first-order chi connectivity index (χ1) is 12.3. The lowest BCUT2D eigenvalue weighted by Crippen LogP contribution is -2.38. The number of pyridine rings is 1. The molecule has 2 aromatic rings. The predicted octanol–water partition coefficient (Wildman–Crippen LogP) is 4.28. The number of benzene rings is 1. The van der Waals surface area contributed by atoms with Gasteiger partial charge in [-0.1, -0.05) is 11.6 Å². The Morgan fingerprint density at radius 2 is 2.00 bits per heavy atom. The van der Waals surface area contributed by atoms with Gasteiger partial charge in [0.25, 0.3) is 0 Å². The third-order valence-electron chi connectivity index (χ3n) is 4.21. The quantitative estimate of drug-likeness (QED) is 0.448. The van der Waals surface area contributed by atoms with Crippen molar-refractivity contribution in [1.82, 2.24) is 4.98 Å². The van der Waals surface area contributed by atoms with E-state index < -0.39 is 16.6 Å². The molecule has 0 spiro atoms. The SMILES string of the molecule is Cc1cc(N2CCC(Oc3ccc(F)cc3F)CC2)c([N+](=O)[O-])c(Cl)n1. The molecule has 3 rings (SSSR count). The molecule has 1 saturated heterocycles. The molecule has 26 heavy (non-hydrogen) atoms. The van der Waals surface area contributed by atoms with Gasteiger partial charge in [-0.2, -0.15) is 0 Å². The van der Waals surface area contributed by atoms with E-state index in [4.69, 9.17) is 16.3 Å². The molecule has 0 aliphatic carbocycles. The average Bonchev–Trinajstić information content (AvgIpc) is 2.57. The maximum Gasteiger partial charge on any atom is 0.329 e. The van der Waals surface area contributed by atoms with Crippen molar-refractivity contribution in [2.45, 2.75) is 25.9 Å². The van der Waals surface area contributed by atoms with Gasteiger partial charge in [0.1, 0.15) is 17.6 Å². The number of nitrogens with zero attached hydrogens (tertiary/aromatic N) is 3. The number of anilines is 1. The topological polar surface area (TPSA) is 68.5 Å². The van der Waals surface area contributed by atoms with Gasteiger partial charge in [-0.25, -0.2) is 13.8 Å². The van der Waals surface area contributed by atoms with E-state index in [0.717, 1.165) is 12.1 Å². The van der Waals surface area contributed by atoms with Crippen LogP contribution < -0.4 is 9.64 Å². The van der Waals surface area contributed by atoms with Crippen molar-refractivity contribution in [2.75, 3.05) is 18.0 Å². The smallest absolute Gasteiger partial charge is 0.329 e. The van der Waals surface area contributed by atoms with Crippen LogP contribution in [0.2, 0.25) is 5.15 Å². The molecule has 1 aromatic heterocycles. The van der Waals surface area contributed by atoms with Gasteiger partial charge >= 0.3 is 5.69 Å². The van der Waals surface area contributed by atoms with Gasteiger partial charge in [0.15, 0.2) is 11.6 Å². The summed E-state index contributed by atoms with van der Waals surface area (Å²) >= 11 is 5.94. The first kappa shape index (κ1) is 18.3. The van der Waals surface area contributed by atoms with E-state index in [-0.39, 0.29) is 22.7 Å². The summed E-state index contributed by atoms with van der Waals surface area (Å²) in [5.74, 6) is -1.42. The highest BCUT2D eigenvalue weighted by atomic mass is 35.5. The zero-order valence-electron chi connectivity index (χ0n) is 13.9. The molecule has 0 radical (unpaired) electrons. The Kier molecular flexibility index (Phi) is 5.22. The lowest BCUT2D eigenvalue weighted by molar-refractivity contribution is -0.384. The minimum Gasteiger partial charge on any atom is -0.487 e. The van der Waals surface area contributed by atoms with Crippen LogP contribution in [0.3, 0.4) is 0 Å². The van der Waals surface area contributed by atoms with E-state index in [1.165, 1.54) is 6.07 Å². The molecule has 2 heterocycles. The summed E-state index contributed by atoms with van der Waals surface area (Å²) in [7, 11) is 0. The molecule has 0 saturated carbocycles. The molecule has 9 heteroatoms. The third kappa shape index (κ3) is 3.85. The van der Waals surface area contributed by atoms with E-state index >= 15 is 0 Å².